The van der Waals surface area contributed by atoms with Crippen LogP contribution in [0.25, 0.3) is 6.08 Å². The van der Waals surface area contributed by atoms with Crippen molar-refractivity contribution in [3.05, 3.63) is 64.1 Å². The summed E-state index contributed by atoms with van der Waals surface area (Å²) in [5.41, 5.74) is 1.49. The third-order valence-electron chi connectivity index (χ3n) is 3.93. The first kappa shape index (κ1) is 22.4. The molecule has 29 heavy (non-hydrogen) atoms. The Balaban J connectivity index is 2.12. The van der Waals surface area contributed by atoms with Gasteiger partial charge in [-0.1, -0.05) is 41.9 Å². The lowest BCUT2D eigenvalue weighted by molar-refractivity contribution is -0.139. The number of halogens is 1. The van der Waals surface area contributed by atoms with E-state index in [1.54, 1.807) is 38.1 Å². The van der Waals surface area contributed by atoms with E-state index in [-0.39, 0.29) is 11.7 Å². The Kier molecular flexibility index (Phi) is 8.15. The van der Waals surface area contributed by atoms with Crippen LogP contribution in [-0.4, -0.2) is 36.4 Å². The van der Waals surface area contributed by atoms with E-state index in [1.807, 2.05) is 24.3 Å². The van der Waals surface area contributed by atoms with Gasteiger partial charge in [-0.05, 0) is 53.5 Å². The molecule has 0 fully saturated rings. The summed E-state index contributed by atoms with van der Waals surface area (Å²) in [6.45, 7) is 3.59. The maximum Gasteiger partial charge on any atom is 0.336 e. The summed E-state index contributed by atoms with van der Waals surface area (Å²) in [4.78, 5) is 27.5. The van der Waals surface area contributed by atoms with E-state index in [2.05, 4.69) is 20.9 Å². The number of hydrogen-bond acceptors (Lipinski definition) is 5. The Hall–Kier alpha value is -2.93. The molecule has 1 unspecified atom stereocenters. The summed E-state index contributed by atoms with van der Waals surface area (Å²) < 4.78 is 11.5. The normalized spacial score (nSPS) is 12.4. The number of aliphatic carboxylic acids is 1. The monoisotopic (exact) mass is 459 g/mol. The highest BCUT2D eigenvalue weighted by atomic mass is 79.9. The second-order valence-electron chi connectivity index (χ2n) is 6.52. The van der Waals surface area contributed by atoms with Crippen LogP contribution in [0.15, 0.2) is 58.0 Å². The molecule has 0 saturated heterocycles. The molecule has 0 aliphatic rings. The van der Waals surface area contributed by atoms with E-state index in [9.17, 15) is 14.7 Å². The maximum atomic E-state index is 12.1. The molecule has 6 nitrogen and oxygen atoms in total. The molecular formula is C22H22BrNO5. The molecule has 2 rings (SSSR count). The van der Waals surface area contributed by atoms with Gasteiger partial charge >= 0.3 is 11.9 Å². The average molecular weight is 460 g/mol. The smallest absolute Gasteiger partial charge is 0.336 e. The minimum atomic E-state index is -0.981. The lowest BCUT2D eigenvalue weighted by Gasteiger charge is -2.11. The zero-order valence-electron chi connectivity index (χ0n) is 16.3. The van der Waals surface area contributed by atoms with Crippen molar-refractivity contribution in [1.29, 1.82) is 0 Å². The van der Waals surface area contributed by atoms with Gasteiger partial charge in [0.25, 0.3) is 0 Å². The van der Waals surface area contributed by atoms with Crippen LogP contribution in [0.4, 0.5) is 0 Å². The number of benzene rings is 2. The van der Waals surface area contributed by atoms with Crippen molar-refractivity contribution in [2.45, 2.75) is 19.9 Å². The minimum absolute atomic E-state index is 0.136. The van der Waals surface area contributed by atoms with Gasteiger partial charge < -0.3 is 14.6 Å². The Morgan fingerprint density at radius 3 is 2.48 bits per heavy atom. The first-order valence-electron chi connectivity index (χ1n) is 8.89. The fraction of sp³-hybridized carbons (Fsp3) is 0.227. The summed E-state index contributed by atoms with van der Waals surface area (Å²) in [5, 5.41) is 9.21. The lowest BCUT2D eigenvalue weighted by atomic mass is 10.1. The van der Waals surface area contributed by atoms with Crippen molar-refractivity contribution in [3.63, 3.8) is 0 Å². The van der Waals surface area contributed by atoms with Gasteiger partial charge in [0, 0.05) is 16.8 Å². The van der Waals surface area contributed by atoms with Gasteiger partial charge in [0.2, 0.25) is 0 Å². The third-order valence-corrected chi connectivity index (χ3v) is 4.42. The van der Waals surface area contributed by atoms with Gasteiger partial charge in [0.15, 0.2) is 11.5 Å². The molecular weight excluding hydrogens is 438 g/mol. The molecule has 0 aliphatic heterocycles. The van der Waals surface area contributed by atoms with Crippen molar-refractivity contribution >= 4 is 40.2 Å². The zero-order valence-corrected chi connectivity index (χ0v) is 17.9. The number of aliphatic imine (C=N–C) groups is 1. The van der Waals surface area contributed by atoms with E-state index < -0.39 is 18.0 Å². The summed E-state index contributed by atoms with van der Waals surface area (Å²) in [5.74, 6) is -1.06. The Morgan fingerprint density at radius 2 is 1.86 bits per heavy atom. The van der Waals surface area contributed by atoms with Gasteiger partial charge in [0.1, 0.15) is 6.04 Å². The second kappa shape index (κ2) is 10.6. The van der Waals surface area contributed by atoms with Crippen LogP contribution in [0.3, 0.4) is 0 Å². The van der Waals surface area contributed by atoms with Gasteiger partial charge in [-0.25, -0.2) is 9.59 Å². The van der Waals surface area contributed by atoms with Crippen molar-refractivity contribution in [1.82, 2.24) is 0 Å². The number of carboxylic acids is 1. The molecule has 7 heteroatoms. The predicted molar refractivity (Wildman–Crippen MR) is 116 cm³/mol. The van der Waals surface area contributed by atoms with Crippen molar-refractivity contribution in [2.24, 2.45) is 10.9 Å². The van der Waals surface area contributed by atoms with Crippen molar-refractivity contribution < 1.29 is 24.2 Å². The van der Waals surface area contributed by atoms with E-state index >= 15 is 0 Å². The molecule has 1 atom stereocenters. The van der Waals surface area contributed by atoms with Crippen LogP contribution in [-0.2, 0) is 9.59 Å². The number of hydrogen-bond donors (Lipinski definition) is 1. The number of nitrogens with zero attached hydrogens (tertiary/aromatic N) is 1. The molecule has 2 aromatic carbocycles. The summed E-state index contributed by atoms with van der Waals surface area (Å²) in [6.07, 6.45) is 4.45. The molecule has 0 bridgehead atoms. The van der Waals surface area contributed by atoms with Gasteiger partial charge in [0.05, 0.1) is 7.11 Å². The third kappa shape index (κ3) is 6.87. The van der Waals surface area contributed by atoms with E-state index in [0.717, 1.165) is 10.0 Å². The lowest BCUT2D eigenvalue weighted by Crippen LogP contribution is -2.24. The molecule has 0 heterocycles. The van der Waals surface area contributed by atoms with Gasteiger partial charge in [-0.15, -0.1) is 0 Å². The second-order valence-corrected chi connectivity index (χ2v) is 7.44. The molecule has 0 saturated carbocycles. The molecule has 1 N–H and O–H groups in total. The van der Waals surface area contributed by atoms with E-state index in [4.69, 9.17) is 9.47 Å². The zero-order chi connectivity index (χ0) is 21.4. The quantitative estimate of drug-likeness (QED) is 0.269. The topological polar surface area (TPSA) is 85.2 Å². The highest BCUT2D eigenvalue weighted by Crippen LogP contribution is 2.28. The first-order chi connectivity index (χ1) is 13.8. The largest absolute Gasteiger partial charge is 0.493 e. The highest BCUT2D eigenvalue weighted by Gasteiger charge is 2.19. The van der Waals surface area contributed by atoms with Crippen LogP contribution in [0.2, 0.25) is 0 Å². The molecule has 0 amide bonds. The van der Waals surface area contributed by atoms with Crippen LogP contribution in [0.5, 0.6) is 11.5 Å². The van der Waals surface area contributed by atoms with E-state index in [1.165, 1.54) is 19.4 Å². The molecule has 0 aliphatic carbocycles. The van der Waals surface area contributed by atoms with Crippen LogP contribution in [0, 0.1) is 5.92 Å². The number of rotatable bonds is 8. The number of methoxy groups -OCH3 is 1. The molecule has 0 radical (unpaired) electrons. The van der Waals surface area contributed by atoms with Crippen LogP contribution < -0.4 is 9.47 Å². The number of carbonyl (C=O) groups excluding carboxylic acids is 1. The van der Waals surface area contributed by atoms with Gasteiger partial charge in [-0.2, -0.15) is 0 Å². The average Bonchev–Trinajstić information content (AvgIpc) is 2.67. The summed E-state index contributed by atoms with van der Waals surface area (Å²) in [7, 11) is 1.46. The van der Waals surface area contributed by atoms with E-state index in [0.29, 0.717) is 11.3 Å². The number of carboxylic acid groups (broad SMARTS) is 1. The standard InChI is InChI=1S/C22H22BrNO5/c1-14(2)21(22(26)27)24-13-16-7-9-18(19(12-16)28-3)29-20(25)10-8-15-5-4-6-17(23)11-15/h4-14,21H,1-3H3,(H,26,27)/b10-8+,24-13?. The van der Waals surface area contributed by atoms with Crippen molar-refractivity contribution in [2.75, 3.05) is 7.11 Å². The maximum absolute atomic E-state index is 12.1. The minimum Gasteiger partial charge on any atom is -0.493 e. The van der Waals surface area contributed by atoms with Crippen molar-refractivity contribution in [3.8, 4) is 11.5 Å². The van der Waals surface area contributed by atoms with Gasteiger partial charge in [-0.3, -0.25) is 4.99 Å². The molecule has 0 aromatic heterocycles. The number of esters is 1. The summed E-state index contributed by atoms with van der Waals surface area (Å²) in [6, 6.07) is 11.6. The summed E-state index contributed by atoms with van der Waals surface area (Å²) >= 11 is 3.38. The fourth-order valence-electron chi connectivity index (χ4n) is 2.45. The molecule has 2 aromatic rings. The Bertz CT molecular complexity index is 937. The molecule has 152 valence electrons. The highest BCUT2D eigenvalue weighted by molar-refractivity contribution is 9.10. The first-order valence-corrected chi connectivity index (χ1v) is 9.69. The molecule has 0 spiro atoms. The Morgan fingerprint density at radius 1 is 1.10 bits per heavy atom. The number of carbonyl (C=O) groups is 2. The van der Waals surface area contributed by atoms with Crippen LogP contribution in [0.1, 0.15) is 25.0 Å². The van der Waals surface area contributed by atoms with Crippen LogP contribution >= 0.6 is 15.9 Å². The fourth-order valence-corrected chi connectivity index (χ4v) is 2.87. The number of ether oxygens (including phenoxy) is 2. The Labute approximate surface area is 178 Å². The SMILES string of the molecule is COc1cc(C=NC(C(=O)O)C(C)C)ccc1OC(=O)/C=C/c1cccc(Br)c1. The predicted octanol–water partition coefficient (Wildman–Crippen LogP) is 4.60.